The van der Waals surface area contributed by atoms with Crippen LogP contribution in [0.2, 0.25) is 0 Å². The van der Waals surface area contributed by atoms with E-state index in [4.69, 9.17) is 0 Å². The highest BCUT2D eigenvalue weighted by molar-refractivity contribution is 5.87. The molecule has 0 bridgehead atoms. The third-order valence-corrected chi connectivity index (χ3v) is 3.60. The van der Waals surface area contributed by atoms with Crippen molar-refractivity contribution in [1.82, 2.24) is 15.5 Å². The molecule has 2 unspecified atom stereocenters. The second-order valence-corrected chi connectivity index (χ2v) is 4.55. The molecule has 0 aromatic heterocycles. The molecule has 2 aliphatic heterocycles. The van der Waals surface area contributed by atoms with Gasteiger partial charge in [0.05, 0.1) is 0 Å². The Bertz CT molecular complexity index is 252. The van der Waals surface area contributed by atoms with Gasteiger partial charge in [0.2, 0.25) is 5.91 Å². The number of nitrogens with one attached hydrogen (secondary N) is 2. The summed E-state index contributed by atoms with van der Waals surface area (Å²) in [6.07, 6.45) is 1.86. The lowest BCUT2D eigenvalue weighted by atomic mass is 9.82. The van der Waals surface area contributed by atoms with Crippen LogP contribution in [0.1, 0.15) is 19.8 Å². The molecule has 4 nitrogen and oxygen atoms in total. The van der Waals surface area contributed by atoms with Gasteiger partial charge < -0.3 is 15.5 Å². The number of piperidine rings is 1. The van der Waals surface area contributed by atoms with Crippen LogP contribution in [-0.2, 0) is 4.79 Å². The molecule has 2 aliphatic rings. The topological polar surface area (TPSA) is 44.4 Å². The third kappa shape index (κ3) is 2.80. The molecule has 0 aromatic rings. The molecule has 1 amide bonds. The highest BCUT2D eigenvalue weighted by Crippen LogP contribution is 2.27. The predicted octanol–water partition coefficient (Wildman–Crippen LogP) is 0.402. The molecule has 0 aromatic carbocycles. The number of halogens is 2. The SMILES string of the molecule is CC1CC2(CCN1C)NCCNC2=O.Cl.Cl. The van der Waals surface area contributed by atoms with Crippen molar-refractivity contribution in [3.63, 3.8) is 0 Å². The van der Waals surface area contributed by atoms with E-state index in [9.17, 15) is 4.79 Å². The fourth-order valence-corrected chi connectivity index (χ4v) is 2.44. The van der Waals surface area contributed by atoms with Crippen molar-refractivity contribution in [2.75, 3.05) is 26.7 Å². The summed E-state index contributed by atoms with van der Waals surface area (Å²) in [6, 6.07) is 0.486. The number of likely N-dealkylation sites (tertiary alicyclic amines) is 1. The van der Waals surface area contributed by atoms with E-state index in [0.717, 1.165) is 32.5 Å². The van der Waals surface area contributed by atoms with E-state index in [1.54, 1.807) is 0 Å². The number of piperazine rings is 1. The molecule has 96 valence electrons. The largest absolute Gasteiger partial charge is 0.353 e. The Balaban J connectivity index is 0.00000112. The summed E-state index contributed by atoms with van der Waals surface area (Å²) in [5.74, 6) is 0.198. The van der Waals surface area contributed by atoms with Crippen molar-refractivity contribution in [2.24, 2.45) is 0 Å². The van der Waals surface area contributed by atoms with Crippen molar-refractivity contribution < 1.29 is 4.79 Å². The van der Waals surface area contributed by atoms with E-state index in [0.29, 0.717) is 6.04 Å². The van der Waals surface area contributed by atoms with Crippen molar-refractivity contribution in [1.29, 1.82) is 0 Å². The maximum atomic E-state index is 11.8. The van der Waals surface area contributed by atoms with E-state index in [-0.39, 0.29) is 36.3 Å². The summed E-state index contributed by atoms with van der Waals surface area (Å²) >= 11 is 0. The zero-order valence-corrected chi connectivity index (χ0v) is 11.4. The predicted molar refractivity (Wildman–Crippen MR) is 69.6 cm³/mol. The Labute approximate surface area is 109 Å². The van der Waals surface area contributed by atoms with E-state index in [1.807, 2.05) is 0 Å². The molecular weight excluding hydrogens is 249 g/mol. The van der Waals surface area contributed by atoms with Crippen LogP contribution in [0.25, 0.3) is 0 Å². The number of carbonyl (C=O) groups excluding carboxylic acids is 1. The molecule has 1 spiro atoms. The highest BCUT2D eigenvalue weighted by Gasteiger charge is 2.44. The number of hydrogen-bond donors (Lipinski definition) is 2. The van der Waals surface area contributed by atoms with Gasteiger partial charge in [0.1, 0.15) is 5.54 Å². The Kier molecular flexibility index (Phi) is 6.04. The fourth-order valence-electron chi connectivity index (χ4n) is 2.44. The second-order valence-electron chi connectivity index (χ2n) is 4.55. The average molecular weight is 270 g/mol. The van der Waals surface area contributed by atoms with Gasteiger partial charge in [-0.15, -0.1) is 24.8 Å². The average Bonchev–Trinajstić information content (AvgIpc) is 2.17. The first kappa shape index (κ1) is 16.0. The molecule has 0 aliphatic carbocycles. The minimum Gasteiger partial charge on any atom is -0.353 e. The number of amides is 1. The first-order valence-corrected chi connectivity index (χ1v) is 5.38. The first-order chi connectivity index (χ1) is 6.64. The smallest absolute Gasteiger partial charge is 0.240 e. The lowest BCUT2D eigenvalue weighted by Gasteiger charge is -2.45. The van der Waals surface area contributed by atoms with Crippen LogP contribution in [0.15, 0.2) is 0 Å². The number of carbonyl (C=O) groups is 1. The van der Waals surface area contributed by atoms with Crippen LogP contribution < -0.4 is 10.6 Å². The van der Waals surface area contributed by atoms with Crippen LogP contribution in [0.3, 0.4) is 0 Å². The van der Waals surface area contributed by atoms with Gasteiger partial charge in [-0.2, -0.15) is 0 Å². The van der Waals surface area contributed by atoms with Crippen LogP contribution in [0.5, 0.6) is 0 Å². The van der Waals surface area contributed by atoms with Crippen molar-refractivity contribution in [2.45, 2.75) is 31.3 Å². The van der Waals surface area contributed by atoms with Gasteiger partial charge in [-0.25, -0.2) is 0 Å². The Morgan fingerprint density at radius 2 is 2.06 bits per heavy atom. The van der Waals surface area contributed by atoms with Gasteiger partial charge in [0.15, 0.2) is 0 Å². The second kappa shape index (κ2) is 6.05. The number of hydrogen-bond acceptors (Lipinski definition) is 3. The van der Waals surface area contributed by atoms with Gasteiger partial charge >= 0.3 is 0 Å². The van der Waals surface area contributed by atoms with E-state index >= 15 is 0 Å². The minimum absolute atomic E-state index is 0. The summed E-state index contributed by atoms with van der Waals surface area (Å²) in [5.41, 5.74) is -0.274. The number of rotatable bonds is 0. The molecule has 0 saturated carbocycles. The Hall–Kier alpha value is -0.0300. The lowest BCUT2D eigenvalue weighted by molar-refractivity contribution is -0.132. The lowest BCUT2D eigenvalue weighted by Crippen LogP contribution is -2.67. The molecule has 2 rings (SSSR count). The molecular formula is C10H21Cl2N3O. The summed E-state index contributed by atoms with van der Waals surface area (Å²) in [4.78, 5) is 14.1. The van der Waals surface area contributed by atoms with Crippen molar-refractivity contribution in [3.8, 4) is 0 Å². The quantitative estimate of drug-likeness (QED) is 0.670. The molecule has 2 fully saturated rings. The first-order valence-electron chi connectivity index (χ1n) is 5.38. The summed E-state index contributed by atoms with van der Waals surface area (Å²) in [7, 11) is 2.12. The van der Waals surface area contributed by atoms with Gasteiger partial charge in [-0.3, -0.25) is 4.79 Å². The van der Waals surface area contributed by atoms with Crippen molar-refractivity contribution in [3.05, 3.63) is 0 Å². The molecule has 2 saturated heterocycles. The van der Waals surface area contributed by atoms with E-state index in [2.05, 4.69) is 29.5 Å². The monoisotopic (exact) mass is 269 g/mol. The minimum atomic E-state index is -0.274. The summed E-state index contributed by atoms with van der Waals surface area (Å²) in [6.45, 7) is 4.86. The summed E-state index contributed by atoms with van der Waals surface area (Å²) < 4.78 is 0. The molecule has 2 heterocycles. The molecule has 16 heavy (non-hydrogen) atoms. The molecule has 2 N–H and O–H groups in total. The molecule has 2 atom stereocenters. The molecule has 6 heteroatoms. The number of nitrogens with zero attached hydrogens (tertiary/aromatic N) is 1. The van der Waals surface area contributed by atoms with Crippen LogP contribution in [0.4, 0.5) is 0 Å². The Morgan fingerprint density at radius 1 is 1.38 bits per heavy atom. The zero-order chi connectivity index (χ0) is 10.2. The third-order valence-electron chi connectivity index (χ3n) is 3.60. The van der Waals surface area contributed by atoms with Crippen LogP contribution >= 0.6 is 24.8 Å². The Morgan fingerprint density at radius 3 is 2.62 bits per heavy atom. The highest BCUT2D eigenvalue weighted by atomic mass is 35.5. The van der Waals surface area contributed by atoms with Gasteiger partial charge in [0, 0.05) is 25.7 Å². The van der Waals surface area contributed by atoms with Gasteiger partial charge in [0.25, 0.3) is 0 Å². The molecule has 0 radical (unpaired) electrons. The van der Waals surface area contributed by atoms with Crippen LogP contribution in [-0.4, -0.2) is 49.1 Å². The maximum Gasteiger partial charge on any atom is 0.240 e. The fraction of sp³-hybridized carbons (Fsp3) is 0.900. The maximum absolute atomic E-state index is 11.8. The normalized spacial score (nSPS) is 34.9. The van der Waals surface area contributed by atoms with Crippen molar-refractivity contribution >= 4 is 30.7 Å². The summed E-state index contributed by atoms with van der Waals surface area (Å²) in [5, 5.41) is 6.35. The van der Waals surface area contributed by atoms with E-state index < -0.39 is 0 Å². The van der Waals surface area contributed by atoms with Gasteiger partial charge in [-0.05, 0) is 26.8 Å². The van der Waals surface area contributed by atoms with E-state index in [1.165, 1.54) is 0 Å². The standard InChI is InChI=1S/C10H19N3O.2ClH/c1-8-7-10(3-6-13(8)2)9(14)11-4-5-12-10;;/h8,12H,3-7H2,1-2H3,(H,11,14);2*1H. The zero-order valence-electron chi connectivity index (χ0n) is 9.78. The van der Waals surface area contributed by atoms with Crippen LogP contribution in [0, 0.1) is 0 Å². The van der Waals surface area contributed by atoms with Gasteiger partial charge in [-0.1, -0.05) is 0 Å².